The fraction of sp³-hybridized carbons (Fsp3) is 0.633. The summed E-state index contributed by atoms with van der Waals surface area (Å²) in [6.07, 6.45) is 6.13. The lowest BCUT2D eigenvalue weighted by Crippen LogP contribution is -2.57. The highest BCUT2D eigenvalue weighted by atomic mass is 16.6. The Bertz CT molecular complexity index is 1180. The summed E-state index contributed by atoms with van der Waals surface area (Å²) in [5.41, 5.74) is 4.20. The molecule has 2 amide bonds. The van der Waals surface area contributed by atoms with E-state index in [4.69, 9.17) is 4.74 Å². The second kappa shape index (κ2) is 9.70. The zero-order valence-electron chi connectivity index (χ0n) is 23.2. The number of piperidine rings is 2. The van der Waals surface area contributed by atoms with Crippen molar-refractivity contribution in [2.24, 2.45) is 7.05 Å². The van der Waals surface area contributed by atoms with Gasteiger partial charge in [-0.3, -0.25) is 9.48 Å². The molecule has 2 bridgehead atoms. The molecule has 1 aromatic carbocycles. The molecule has 0 N–H and O–H groups in total. The van der Waals surface area contributed by atoms with Gasteiger partial charge in [-0.25, -0.2) is 4.79 Å². The summed E-state index contributed by atoms with van der Waals surface area (Å²) in [6, 6.07) is 11.7. The summed E-state index contributed by atoms with van der Waals surface area (Å²) >= 11 is 0. The highest BCUT2D eigenvalue weighted by Gasteiger charge is 2.48. The van der Waals surface area contributed by atoms with Crippen molar-refractivity contribution in [1.82, 2.24) is 24.5 Å². The SMILES string of the molecule is Cc1cc(C(=O)N2Cc3ccccc3C3(CCN(C4CC5CCC(C4)N5C(=O)OC(C)C)CC3)C2)nn1C. The van der Waals surface area contributed by atoms with Crippen LogP contribution >= 0.6 is 0 Å². The Morgan fingerprint density at radius 2 is 1.74 bits per heavy atom. The van der Waals surface area contributed by atoms with E-state index < -0.39 is 0 Å². The molecule has 3 fully saturated rings. The number of likely N-dealkylation sites (tertiary alicyclic amines) is 1. The zero-order chi connectivity index (χ0) is 26.6. The van der Waals surface area contributed by atoms with Crippen molar-refractivity contribution < 1.29 is 14.3 Å². The number of aromatic nitrogens is 2. The highest BCUT2D eigenvalue weighted by molar-refractivity contribution is 5.92. The molecule has 0 saturated carbocycles. The average molecular weight is 520 g/mol. The number of carbonyl (C=O) groups excluding carboxylic acids is 2. The van der Waals surface area contributed by atoms with E-state index in [9.17, 15) is 9.59 Å². The third-order valence-corrected chi connectivity index (χ3v) is 9.59. The lowest BCUT2D eigenvalue weighted by molar-refractivity contribution is 0.0115. The smallest absolute Gasteiger partial charge is 0.410 e. The van der Waals surface area contributed by atoms with Crippen molar-refractivity contribution in [1.29, 1.82) is 0 Å². The van der Waals surface area contributed by atoms with Crippen LogP contribution in [0.3, 0.4) is 0 Å². The van der Waals surface area contributed by atoms with E-state index in [1.54, 1.807) is 4.68 Å². The second-order valence-electron chi connectivity index (χ2n) is 12.3. The average Bonchev–Trinajstić information content (AvgIpc) is 3.37. The van der Waals surface area contributed by atoms with Crippen LogP contribution in [0.25, 0.3) is 0 Å². The second-order valence-corrected chi connectivity index (χ2v) is 12.3. The van der Waals surface area contributed by atoms with Gasteiger partial charge in [-0.1, -0.05) is 24.3 Å². The maximum absolute atomic E-state index is 13.5. The maximum Gasteiger partial charge on any atom is 0.410 e. The van der Waals surface area contributed by atoms with Gasteiger partial charge < -0.3 is 19.4 Å². The first-order valence-electron chi connectivity index (χ1n) is 14.4. The van der Waals surface area contributed by atoms with Gasteiger partial charge in [-0.05, 0) is 89.6 Å². The summed E-state index contributed by atoms with van der Waals surface area (Å²) in [5, 5.41) is 4.48. The van der Waals surface area contributed by atoms with Gasteiger partial charge >= 0.3 is 6.09 Å². The zero-order valence-corrected chi connectivity index (χ0v) is 23.2. The van der Waals surface area contributed by atoms with Gasteiger partial charge in [-0.2, -0.15) is 5.10 Å². The van der Waals surface area contributed by atoms with Gasteiger partial charge in [0.25, 0.3) is 5.91 Å². The number of nitrogens with zero attached hydrogens (tertiary/aromatic N) is 5. The molecule has 6 rings (SSSR count). The third kappa shape index (κ3) is 4.40. The molecule has 0 radical (unpaired) electrons. The number of amides is 2. The quantitative estimate of drug-likeness (QED) is 0.606. The predicted molar refractivity (Wildman–Crippen MR) is 145 cm³/mol. The van der Waals surface area contributed by atoms with Crippen molar-refractivity contribution in [3.05, 3.63) is 52.8 Å². The number of rotatable bonds is 3. The van der Waals surface area contributed by atoms with Crippen LogP contribution in [0.1, 0.15) is 79.7 Å². The number of hydrogen-bond acceptors (Lipinski definition) is 5. The molecule has 4 aliphatic rings. The van der Waals surface area contributed by atoms with Crippen molar-refractivity contribution >= 4 is 12.0 Å². The van der Waals surface area contributed by atoms with Crippen molar-refractivity contribution in [3.8, 4) is 0 Å². The van der Waals surface area contributed by atoms with Crippen LogP contribution < -0.4 is 0 Å². The molecular formula is C30H41N5O3. The fourth-order valence-electron chi connectivity index (χ4n) is 7.61. The van der Waals surface area contributed by atoms with E-state index in [-0.39, 0.29) is 23.5 Å². The Morgan fingerprint density at radius 3 is 2.37 bits per heavy atom. The predicted octanol–water partition coefficient (Wildman–Crippen LogP) is 4.26. The Kier molecular flexibility index (Phi) is 6.49. The topological polar surface area (TPSA) is 70.9 Å². The number of hydrogen-bond donors (Lipinski definition) is 0. The molecule has 204 valence electrons. The summed E-state index contributed by atoms with van der Waals surface area (Å²) in [5.74, 6) is 0.0299. The summed E-state index contributed by atoms with van der Waals surface area (Å²) in [4.78, 5) is 33.0. The standard InChI is InChI=1S/C30H41N5O3/c1-20(2)38-29(37)35-23-9-10-24(35)17-25(16-23)33-13-11-30(12-14-33)19-34(18-22-7-5-6-8-26(22)30)28(36)27-15-21(3)32(4)31-27/h5-8,15,20,23-25H,9-14,16-19H2,1-4H3. The molecule has 1 aromatic heterocycles. The number of ether oxygens (including phenoxy) is 1. The lowest BCUT2D eigenvalue weighted by Gasteiger charge is -2.51. The highest BCUT2D eigenvalue weighted by Crippen LogP contribution is 2.44. The van der Waals surface area contributed by atoms with E-state index in [2.05, 4.69) is 34.3 Å². The molecule has 3 saturated heterocycles. The third-order valence-electron chi connectivity index (χ3n) is 9.59. The van der Waals surface area contributed by atoms with Crippen molar-refractivity contribution in [2.45, 2.75) is 95.5 Å². The van der Waals surface area contributed by atoms with Gasteiger partial charge in [-0.15, -0.1) is 0 Å². The molecule has 1 spiro atoms. The van der Waals surface area contributed by atoms with E-state index >= 15 is 0 Å². The minimum atomic E-state index is -0.129. The molecule has 4 aliphatic heterocycles. The molecule has 2 aromatic rings. The number of fused-ring (bicyclic) bond motifs is 4. The van der Waals surface area contributed by atoms with Crippen LogP contribution in [-0.4, -0.2) is 80.3 Å². The first-order valence-corrected chi connectivity index (χ1v) is 14.4. The van der Waals surface area contributed by atoms with Crippen LogP contribution in [0.15, 0.2) is 30.3 Å². The molecule has 0 aliphatic carbocycles. The van der Waals surface area contributed by atoms with Crippen LogP contribution in [0, 0.1) is 6.92 Å². The largest absolute Gasteiger partial charge is 0.447 e. The van der Waals surface area contributed by atoms with E-state index in [0.717, 1.165) is 63.9 Å². The van der Waals surface area contributed by atoms with E-state index in [1.165, 1.54) is 11.1 Å². The van der Waals surface area contributed by atoms with Gasteiger partial charge in [0.15, 0.2) is 5.69 Å². The number of aryl methyl sites for hydroxylation is 2. The van der Waals surface area contributed by atoms with Crippen LogP contribution in [0.2, 0.25) is 0 Å². The van der Waals surface area contributed by atoms with Crippen molar-refractivity contribution in [2.75, 3.05) is 19.6 Å². The number of benzene rings is 1. The van der Waals surface area contributed by atoms with Gasteiger partial charge in [0.2, 0.25) is 0 Å². The summed E-state index contributed by atoms with van der Waals surface area (Å²) in [7, 11) is 1.89. The van der Waals surface area contributed by atoms with Crippen LogP contribution in [0.5, 0.6) is 0 Å². The van der Waals surface area contributed by atoms with Gasteiger partial charge in [0.1, 0.15) is 0 Å². The molecule has 8 nitrogen and oxygen atoms in total. The first kappa shape index (κ1) is 25.4. The fourth-order valence-corrected chi connectivity index (χ4v) is 7.61. The minimum absolute atomic E-state index is 0.0222. The molecule has 38 heavy (non-hydrogen) atoms. The van der Waals surface area contributed by atoms with E-state index in [0.29, 0.717) is 30.4 Å². The molecule has 2 unspecified atom stereocenters. The Labute approximate surface area is 225 Å². The molecule has 8 heteroatoms. The van der Waals surface area contributed by atoms with Crippen molar-refractivity contribution in [3.63, 3.8) is 0 Å². The first-order chi connectivity index (χ1) is 18.2. The Hall–Kier alpha value is -2.87. The van der Waals surface area contributed by atoms with Gasteiger partial charge in [0.05, 0.1) is 6.10 Å². The monoisotopic (exact) mass is 519 g/mol. The number of carbonyl (C=O) groups is 2. The normalized spacial score (nSPS) is 26.6. The van der Waals surface area contributed by atoms with E-state index in [1.807, 2.05) is 43.7 Å². The van der Waals surface area contributed by atoms with Crippen LogP contribution in [0.4, 0.5) is 4.79 Å². The lowest BCUT2D eigenvalue weighted by atomic mass is 9.68. The molecular weight excluding hydrogens is 478 g/mol. The maximum atomic E-state index is 13.5. The summed E-state index contributed by atoms with van der Waals surface area (Å²) in [6.45, 7) is 9.27. The molecule has 5 heterocycles. The summed E-state index contributed by atoms with van der Waals surface area (Å²) < 4.78 is 7.34. The molecule has 2 atom stereocenters. The van der Waals surface area contributed by atoms with Crippen LogP contribution in [-0.2, 0) is 23.7 Å². The Morgan fingerprint density at radius 1 is 1.05 bits per heavy atom. The van der Waals surface area contributed by atoms with Gasteiger partial charge in [0, 0.05) is 49.4 Å². The minimum Gasteiger partial charge on any atom is -0.447 e. The Balaban J connectivity index is 1.16.